The summed E-state index contributed by atoms with van der Waals surface area (Å²) in [5.41, 5.74) is 12.1. The van der Waals surface area contributed by atoms with Crippen LogP contribution in [0.2, 0.25) is 0 Å². The Morgan fingerprint density at radius 1 is 1.15 bits per heavy atom. The number of aromatic nitrogens is 3. The number of halogens is 1. The highest BCUT2D eigenvalue weighted by molar-refractivity contribution is 6.05. The predicted molar refractivity (Wildman–Crippen MR) is 149 cm³/mol. The maximum atomic E-state index is 14.9. The molecule has 198 valence electrons. The molecule has 2 aliphatic rings. The molecule has 3 heterocycles. The summed E-state index contributed by atoms with van der Waals surface area (Å²) in [5.74, 6) is -0.231. The van der Waals surface area contributed by atoms with Crippen LogP contribution in [-0.2, 0) is 4.79 Å². The fourth-order valence-corrected chi connectivity index (χ4v) is 5.17. The summed E-state index contributed by atoms with van der Waals surface area (Å²) in [6.07, 6.45) is 6.52. The number of hydrogen-bond donors (Lipinski definition) is 3. The monoisotopic (exact) mass is 524 g/mol. The lowest BCUT2D eigenvalue weighted by Crippen LogP contribution is -2.38. The molecule has 1 aliphatic carbocycles. The summed E-state index contributed by atoms with van der Waals surface area (Å²) in [6.45, 7) is 2.92. The van der Waals surface area contributed by atoms with Crippen LogP contribution < -0.4 is 11.1 Å². The van der Waals surface area contributed by atoms with E-state index < -0.39 is 5.82 Å². The molecule has 1 saturated carbocycles. The molecular weight excluding hydrogens is 495 g/mol. The minimum absolute atomic E-state index is 0.00333. The Hall–Kier alpha value is -4.37. The summed E-state index contributed by atoms with van der Waals surface area (Å²) in [6, 6.07) is 12.3. The summed E-state index contributed by atoms with van der Waals surface area (Å²) in [7, 11) is 0. The molecule has 1 aliphatic heterocycles. The molecule has 6 rings (SSSR count). The van der Waals surface area contributed by atoms with Crippen molar-refractivity contribution in [2.45, 2.75) is 32.1 Å². The number of aromatic amines is 1. The maximum absolute atomic E-state index is 14.9. The number of H-pyrrole nitrogens is 1. The standard InChI is InChI=1S/C30H29FN6O2/c1-17-23(12-22(31)13-25(17)36-30(39)21-6-4-19(5-7-21)18-2-3-18)28-24-14-26(35-29(24)34-16-33-28)20-8-10-37(11-9-20)27(38)15-32/h4-8,12-14,16,18H,2-3,9-11,15,32H2,1H3,(H,36,39)(H,33,34,35). The summed E-state index contributed by atoms with van der Waals surface area (Å²) in [4.78, 5) is 38.9. The van der Waals surface area contributed by atoms with Gasteiger partial charge in [0.2, 0.25) is 5.91 Å². The number of rotatable bonds is 6. The predicted octanol–water partition coefficient (Wildman–Crippen LogP) is 4.78. The number of carbonyl (C=O) groups is 2. The first-order valence-electron chi connectivity index (χ1n) is 13.1. The SMILES string of the molecule is Cc1c(NC(=O)c2ccc(C3CC3)cc2)cc(F)cc1-c1ncnc2[nH]c(C3=CCN(C(=O)CN)CC3)cc12. The van der Waals surface area contributed by atoms with Crippen LogP contribution in [0.25, 0.3) is 27.9 Å². The Labute approximate surface area is 225 Å². The molecule has 2 aromatic carbocycles. The van der Waals surface area contributed by atoms with Gasteiger partial charge in [0.25, 0.3) is 5.91 Å². The topological polar surface area (TPSA) is 117 Å². The number of benzene rings is 2. The van der Waals surface area contributed by atoms with Crippen LogP contribution in [-0.4, -0.2) is 51.3 Å². The van der Waals surface area contributed by atoms with Crippen molar-refractivity contribution in [3.8, 4) is 11.3 Å². The molecule has 4 N–H and O–H groups in total. The number of nitrogens with two attached hydrogens (primary N) is 1. The van der Waals surface area contributed by atoms with Crippen LogP contribution in [0.15, 0.2) is 54.9 Å². The van der Waals surface area contributed by atoms with E-state index in [0.29, 0.717) is 59.1 Å². The third-order valence-corrected chi connectivity index (χ3v) is 7.61. The van der Waals surface area contributed by atoms with Crippen LogP contribution in [0.4, 0.5) is 10.1 Å². The summed E-state index contributed by atoms with van der Waals surface area (Å²) >= 11 is 0. The number of nitrogens with zero attached hydrogens (tertiary/aromatic N) is 3. The van der Waals surface area contributed by atoms with Crippen LogP contribution >= 0.6 is 0 Å². The molecule has 0 radical (unpaired) electrons. The van der Waals surface area contributed by atoms with Gasteiger partial charge < -0.3 is 20.9 Å². The van der Waals surface area contributed by atoms with Gasteiger partial charge in [-0.1, -0.05) is 18.2 Å². The van der Waals surface area contributed by atoms with Gasteiger partial charge in [0.05, 0.1) is 12.2 Å². The van der Waals surface area contributed by atoms with Crippen LogP contribution in [0.3, 0.4) is 0 Å². The molecule has 0 spiro atoms. The number of hydrogen-bond acceptors (Lipinski definition) is 5. The normalized spacial score (nSPS) is 15.4. The van der Waals surface area contributed by atoms with E-state index in [4.69, 9.17) is 5.73 Å². The number of amides is 2. The van der Waals surface area contributed by atoms with Crippen molar-refractivity contribution in [1.29, 1.82) is 0 Å². The highest BCUT2D eigenvalue weighted by Crippen LogP contribution is 2.40. The van der Waals surface area contributed by atoms with E-state index in [1.165, 1.54) is 36.9 Å². The molecule has 8 nitrogen and oxygen atoms in total. The Morgan fingerprint density at radius 2 is 1.95 bits per heavy atom. The van der Waals surface area contributed by atoms with Crippen LogP contribution in [0, 0.1) is 12.7 Å². The quantitative estimate of drug-likeness (QED) is 0.336. The first kappa shape index (κ1) is 24.9. The van der Waals surface area contributed by atoms with E-state index in [1.807, 2.05) is 43.3 Å². The maximum Gasteiger partial charge on any atom is 0.255 e. The van der Waals surface area contributed by atoms with E-state index in [2.05, 4.69) is 20.3 Å². The second-order valence-corrected chi connectivity index (χ2v) is 10.2. The number of nitrogens with one attached hydrogen (secondary N) is 2. The molecule has 0 unspecified atom stereocenters. The third kappa shape index (κ3) is 4.93. The average molecular weight is 525 g/mol. The zero-order valence-electron chi connectivity index (χ0n) is 21.6. The molecular formula is C30H29FN6O2. The zero-order chi connectivity index (χ0) is 27.1. The second kappa shape index (κ2) is 10.1. The van der Waals surface area contributed by atoms with Crippen molar-refractivity contribution in [2.24, 2.45) is 5.73 Å². The molecule has 39 heavy (non-hydrogen) atoms. The van der Waals surface area contributed by atoms with Crippen molar-refractivity contribution < 1.29 is 14.0 Å². The number of anilines is 1. The van der Waals surface area contributed by atoms with Crippen molar-refractivity contribution >= 4 is 34.1 Å². The van der Waals surface area contributed by atoms with E-state index in [-0.39, 0.29) is 18.4 Å². The molecule has 0 bridgehead atoms. The van der Waals surface area contributed by atoms with Gasteiger partial charge in [0.1, 0.15) is 17.8 Å². The molecule has 2 amide bonds. The zero-order valence-corrected chi connectivity index (χ0v) is 21.6. The van der Waals surface area contributed by atoms with Gasteiger partial charge in [-0.25, -0.2) is 14.4 Å². The first-order chi connectivity index (χ1) is 18.9. The van der Waals surface area contributed by atoms with Gasteiger partial charge in [-0.3, -0.25) is 9.59 Å². The van der Waals surface area contributed by atoms with Crippen molar-refractivity contribution in [3.05, 3.63) is 83.1 Å². The second-order valence-electron chi connectivity index (χ2n) is 10.2. The highest BCUT2D eigenvalue weighted by Gasteiger charge is 2.24. The van der Waals surface area contributed by atoms with Crippen molar-refractivity contribution in [3.63, 3.8) is 0 Å². The highest BCUT2D eigenvalue weighted by atomic mass is 19.1. The van der Waals surface area contributed by atoms with E-state index >= 15 is 0 Å². The van der Waals surface area contributed by atoms with Crippen molar-refractivity contribution in [1.82, 2.24) is 19.9 Å². The average Bonchev–Trinajstić information content (AvgIpc) is 3.72. The van der Waals surface area contributed by atoms with Crippen LogP contribution in [0.1, 0.15) is 52.4 Å². The fraction of sp³-hybridized carbons (Fsp3) is 0.267. The van der Waals surface area contributed by atoms with E-state index in [9.17, 15) is 14.0 Å². The summed E-state index contributed by atoms with van der Waals surface area (Å²) in [5, 5.41) is 3.63. The lowest BCUT2D eigenvalue weighted by molar-refractivity contribution is -0.129. The van der Waals surface area contributed by atoms with Crippen molar-refractivity contribution in [2.75, 3.05) is 25.0 Å². The Balaban J connectivity index is 1.30. The van der Waals surface area contributed by atoms with Gasteiger partial charge in [0.15, 0.2) is 0 Å². The number of fused-ring (bicyclic) bond motifs is 1. The minimum atomic E-state index is -0.475. The minimum Gasteiger partial charge on any atom is -0.339 e. The number of carbonyl (C=O) groups excluding carboxylic acids is 2. The Morgan fingerprint density at radius 3 is 2.64 bits per heavy atom. The van der Waals surface area contributed by atoms with Gasteiger partial charge in [-0.15, -0.1) is 0 Å². The Kier molecular flexibility index (Phi) is 6.44. The van der Waals surface area contributed by atoms with E-state index in [1.54, 1.807) is 4.90 Å². The van der Waals surface area contributed by atoms with Gasteiger partial charge in [0, 0.05) is 41.0 Å². The molecule has 4 aromatic rings. The van der Waals surface area contributed by atoms with Gasteiger partial charge in [-0.2, -0.15) is 0 Å². The van der Waals surface area contributed by atoms with Gasteiger partial charge in [-0.05, 0) is 79.1 Å². The molecule has 2 aromatic heterocycles. The lowest BCUT2D eigenvalue weighted by Gasteiger charge is -2.25. The fourth-order valence-electron chi connectivity index (χ4n) is 5.17. The molecule has 0 atom stereocenters. The van der Waals surface area contributed by atoms with Crippen LogP contribution in [0.5, 0.6) is 0 Å². The smallest absolute Gasteiger partial charge is 0.255 e. The molecule has 9 heteroatoms. The lowest BCUT2D eigenvalue weighted by atomic mass is 10.00. The van der Waals surface area contributed by atoms with Gasteiger partial charge >= 0.3 is 0 Å². The summed E-state index contributed by atoms with van der Waals surface area (Å²) < 4.78 is 14.9. The molecule has 1 fully saturated rings. The molecule has 0 saturated heterocycles. The largest absolute Gasteiger partial charge is 0.339 e. The van der Waals surface area contributed by atoms with E-state index in [0.717, 1.165) is 16.7 Å². The third-order valence-electron chi connectivity index (χ3n) is 7.61. The Bertz CT molecular complexity index is 1620. The first-order valence-corrected chi connectivity index (χ1v) is 13.1.